The van der Waals surface area contributed by atoms with Crippen molar-refractivity contribution in [3.63, 3.8) is 0 Å². The molecule has 0 aliphatic carbocycles. The Balaban J connectivity index is 3.21. The monoisotopic (exact) mass is 368 g/mol. The number of nitrogens with two attached hydrogens (primary N) is 1. The number of rotatable bonds is 3. The molecule has 1 aromatic carbocycles. The van der Waals surface area contributed by atoms with Crippen molar-refractivity contribution in [3.05, 3.63) is 33.8 Å². The number of nitrogens with one attached hydrogen (secondary N) is 1. The highest BCUT2D eigenvalue weighted by atomic mass is 79.9. The molecule has 1 amide bonds. The van der Waals surface area contributed by atoms with E-state index in [4.69, 9.17) is 18.0 Å². The zero-order chi connectivity index (χ0) is 15.7. The zero-order valence-electron chi connectivity index (χ0n) is 10.6. The third-order valence-corrected chi connectivity index (χ3v) is 3.58. The van der Waals surface area contributed by atoms with Gasteiger partial charge in [0.2, 0.25) is 0 Å². The minimum absolute atomic E-state index is 0.0171. The summed E-state index contributed by atoms with van der Waals surface area (Å²) in [6.45, 7) is 3.03. The Hall–Kier alpha value is -1.15. The van der Waals surface area contributed by atoms with Gasteiger partial charge in [-0.1, -0.05) is 28.1 Å². The highest BCUT2D eigenvalue weighted by Crippen LogP contribution is 2.34. The number of alkyl halides is 3. The van der Waals surface area contributed by atoms with Gasteiger partial charge in [-0.15, -0.1) is 0 Å². The SMILES string of the molecule is CC(C)(NC(=O)c1ccc(Br)cc1C(F)(F)F)C(N)=S. The van der Waals surface area contributed by atoms with Crippen LogP contribution < -0.4 is 11.1 Å². The van der Waals surface area contributed by atoms with Crippen molar-refractivity contribution in [1.82, 2.24) is 5.32 Å². The molecule has 8 heteroatoms. The van der Waals surface area contributed by atoms with Crippen molar-refractivity contribution in [2.75, 3.05) is 0 Å². The smallest absolute Gasteiger partial charge is 0.391 e. The first-order valence-corrected chi connectivity index (χ1v) is 6.64. The van der Waals surface area contributed by atoms with Crippen molar-refractivity contribution >= 4 is 39.0 Å². The molecule has 0 aromatic heterocycles. The van der Waals surface area contributed by atoms with Gasteiger partial charge in [0.1, 0.15) is 0 Å². The van der Waals surface area contributed by atoms with Gasteiger partial charge < -0.3 is 11.1 Å². The summed E-state index contributed by atoms with van der Waals surface area (Å²) in [7, 11) is 0. The van der Waals surface area contributed by atoms with Crippen LogP contribution in [-0.2, 0) is 6.18 Å². The van der Waals surface area contributed by atoms with Gasteiger partial charge in [0.05, 0.1) is 21.7 Å². The fourth-order valence-corrected chi connectivity index (χ4v) is 1.77. The van der Waals surface area contributed by atoms with E-state index in [-0.39, 0.29) is 9.46 Å². The van der Waals surface area contributed by atoms with Crippen LogP contribution in [0.1, 0.15) is 29.8 Å². The number of hydrogen-bond acceptors (Lipinski definition) is 2. The van der Waals surface area contributed by atoms with Crippen LogP contribution in [0.3, 0.4) is 0 Å². The van der Waals surface area contributed by atoms with Gasteiger partial charge in [0.15, 0.2) is 0 Å². The van der Waals surface area contributed by atoms with Gasteiger partial charge in [-0.3, -0.25) is 4.79 Å². The average molecular weight is 369 g/mol. The molecule has 0 radical (unpaired) electrons. The molecule has 110 valence electrons. The largest absolute Gasteiger partial charge is 0.417 e. The maximum Gasteiger partial charge on any atom is 0.417 e. The fraction of sp³-hybridized carbons (Fsp3) is 0.333. The van der Waals surface area contributed by atoms with Crippen LogP contribution in [0.25, 0.3) is 0 Å². The van der Waals surface area contributed by atoms with E-state index in [1.165, 1.54) is 19.9 Å². The summed E-state index contributed by atoms with van der Waals surface area (Å²) in [6, 6.07) is 3.30. The molecule has 1 rings (SSSR count). The summed E-state index contributed by atoms with van der Waals surface area (Å²) in [6.07, 6.45) is -4.64. The lowest BCUT2D eigenvalue weighted by Crippen LogP contribution is -2.52. The number of hydrogen-bond donors (Lipinski definition) is 2. The lowest BCUT2D eigenvalue weighted by atomic mass is 10.0. The number of thiocarbonyl (C=S) groups is 1. The molecule has 0 unspecified atom stereocenters. The molecule has 0 bridgehead atoms. The number of carbonyl (C=O) groups is 1. The molecule has 0 aliphatic heterocycles. The van der Waals surface area contributed by atoms with E-state index in [1.807, 2.05) is 0 Å². The van der Waals surface area contributed by atoms with Crippen LogP contribution in [0.15, 0.2) is 22.7 Å². The van der Waals surface area contributed by atoms with Gasteiger partial charge in [-0.2, -0.15) is 13.2 Å². The predicted octanol–water partition coefficient (Wildman–Crippen LogP) is 3.26. The summed E-state index contributed by atoms with van der Waals surface area (Å²) in [5.74, 6) is -0.886. The minimum atomic E-state index is -4.64. The standard InChI is InChI=1S/C12H12BrF3N2OS/c1-11(2,10(17)20)18-9(19)7-4-3-6(13)5-8(7)12(14,15)16/h3-5H,1-2H3,(H2,17,20)(H,18,19). The first-order valence-electron chi connectivity index (χ1n) is 5.44. The van der Waals surface area contributed by atoms with Crippen molar-refractivity contribution in [3.8, 4) is 0 Å². The Morgan fingerprint density at radius 1 is 1.35 bits per heavy atom. The van der Waals surface area contributed by atoms with Crippen LogP contribution in [0.4, 0.5) is 13.2 Å². The number of benzene rings is 1. The molecule has 3 nitrogen and oxygen atoms in total. The van der Waals surface area contributed by atoms with Crippen LogP contribution in [0, 0.1) is 0 Å². The molecule has 1 aromatic rings. The molecule has 0 atom stereocenters. The van der Waals surface area contributed by atoms with Crippen molar-refractivity contribution in [2.45, 2.75) is 25.6 Å². The van der Waals surface area contributed by atoms with Gasteiger partial charge >= 0.3 is 6.18 Å². The van der Waals surface area contributed by atoms with Gasteiger partial charge in [0, 0.05) is 4.47 Å². The maximum absolute atomic E-state index is 12.9. The molecule has 0 saturated heterocycles. The first kappa shape index (κ1) is 16.9. The highest BCUT2D eigenvalue weighted by Gasteiger charge is 2.36. The molecule has 0 heterocycles. The molecule has 3 N–H and O–H groups in total. The summed E-state index contributed by atoms with van der Waals surface area (Å²) in [5, 5.41) is 2.38. The predicted molar refractivity (Wildman–Crippen MR) is 77.5 cm³/mol. The van der Waals surface area contributed by atoms with E-state index in [0.717, 1.165) is 12.1 Å². The van der Waals surface area contributed by atoms with Crippen molar-refractivity contribution in [1.29, 1.82) is 0 Å². The Labute approximate surface area is 127 Å². The van der Waals surface area contributed by atoms with E-state index in [9.17, 15) is 18.0 Å². The molecular formula is C12H12BrF3N2OS. The van der Waals surface area contributed by atoms with Gasteiger partial charge in [-0.25, -0.2) is 0 Å². The number of halogens is 4. The Morgan fingerprint density at radius 2 is 1.90 bits per heavy atom. The number of carbonyl (C=O) groups excluding carboxylic acids is 1. The molecule has 20 heavy (non-hydrogen) atoms. The third-order valence-electron chi connectivity index (χ3n) is 2.57. The van der Waals surface area contributed by atoms with Crippen LogP contribution in [-0.4, -0.2) is 16.4 Å². The van der Waals surface area contributed by atoms with Gasteiger partial charge in [-0.05, 0) is 32.0 Å². The van der Waals surface area contributed by atoms with Crippen LogP contribution in [0.2, 0.25) is 0 Å². The molecule has 0 aliphatic rings. The van der Waals surface area contributed by atoms with E-state index < -0.39 is 28.7 Å². The lowest BCUT2D eigenvalue weighted by Gasteiger charge is -2.25. The van der Waals surface area contributed by atoms with Gasteiger partial charge in [0.25, 0.3) is 5.91 Å². The topological polar surface area (TPSA) is 55.1 Å². The second-order valence-electron chi connectivity index (χ2n) is 4.63. The number of amides is 1. The van der Waals surface area contributed by atoms with E-state index >= 15 is 0 Å². The quantitative estimate of drug-likeness (QED) is 0.805. The molecular weight excluding hydrogens is 357 g/mol. The minimum Gasteiger partial charge on any atom is -0.391 e. The average Bonchev–Trinajstić information content (AvgIpc) is 2.26. The maximum atomic E-state index is 12.9. The van der Waals surface area contributed by atoms with E-state index in [2.05, 4.69) is 21.2 Å². The normalized spacial score (nSPS) is 12.1. The van der Waals surface area contributed by atoms with Crippen molar-refractivity contribution in [2.24, 2.45) is 5.73 Å². The second kappa shape index (κ2) is 5.69. The van der Waals surface area contributed by atoms with Crippen LogP contribution >= 0.6 is 28.1 Å². The molecule has 0 saturated carbocycles. The summed E-state index contributed by atoms with van der Waals surface area (Å²) in [4.78, 5) is 12.0. The second-order valence-corrected chi connectivity index (χ2v) is 5.99. The summed E-state index contributed by atoms with van der Waals surface area (Å²) in [5.41, 5.74) is 2.84. The van der Waals surface area contributed by atoms with E-state index in [0.29, 0.717) is 0 Å². The van der Waals surface area contributed by atoms with E-state index in [1.54, 1.807) is 0 Å². The lowest BCUT2D eigenvalue weighted by molar-refractivity contribution is -0.138. The fourth-order valence-electron chi connectivity index (χ4n) is 1.36. The highest BCUT2D eigenvalue weighted by molar-refractivity contribution is 9.10. The Kier molecular flexibility index (Phi) is 4.81. The summed E-state index contributed by atoms with van der Waals surface area (Å²) >= 11 is 7.71. The molecule has 0 fully saturated rings. The Bertz CT molecular complexity index is 558. The van der Waals surface area contributed by atoms with Crippen molar-refractivity contribution < 1.29 is 18.0 Å². The molecule has 0 spiro atoms. The summed E-state index contributed by atoms with van der Waals surface area (Å²) < 4.78 is 39.0. The zero-order valence-corrected chi connectivity index (χ0v) is 13.0. The third kappa shape index (κ3) is 3.92. The Morgan fingerprint density at radius 3 is 2.35 bits per heavy atom. The van der Waals surface area contributed by atoms with Crippen LogP contribution in [0.5, 0.6) is 0 Å². The first-order chi connectivity index (χ1) is 8.95.